The Labute approximate surface area is 84.7 Å². The summed E-state index contributed by atoms with van der Waals surface area (Å²) >= 11 is 3.28. The molecule has 1 aromatic rings. The summed E-state index contributed by atoms with van der Waals surface area (Å²) < 4.78 is 14.0. The van der Waals surface area contributed by atoms with Gasteiger partial charge in [-0.3, -0.25) is 0 Å². The van der Waals surface area contributed by atoms with Crippen LogP contribution in [0, 0.1) is 5.82 Å². The highest BCUT2D eigenvalue weighted by Crippen LogP contribution is 2.40. The number of halogens is 2. The summed E-state index contributed by atoms with van der Waals surface area (Å²) in [5, 5.41) is 9.64. The molecule has 0 radical (unpaired) electrons. The monoisotopic (exact) mass is 244 g/mol. The van der Waals surface area contributed by atoms with Crippen molar-refractivity contribution in [2.45, 2.75) is 24.9 Å². The maximum Gasteiger partial charge on any atom is 0.127 e. The van der Waals surface area contributed by atoms with Gasteiger partial charge in [-0.25, -0.2) is 4.39 Å². The molecule has 1 saturated carbocycles. The fourth-order valence-corrected chi connectivity index (χ4v) is 1.83. The van der Waals surface area contributed by atoms with E-state index >= 15 is 0 Å². The van der Waals surface area contributed by atoms with Gasteiger partial charge in [0.25, 0.3) is 0 Å². The van der Waals surface area contributed by atoms with Crippen LogP contribution in [0.2, 0.25) is 0 Å². The van der Waals surface area contributed by atoms with Gasteiger partial charge in [0.1, 0.15) is 5.82 Å². The van der Waals surface area contributed by atoms with Gasteiger partial charge in [0.05, 0.1) is 5.60 Å². The molecular formula is C10H10BrFO. The maximum atomic E-state index is 13.3. The maximum absolute atomic E-state index is 13.3. The van der Waals surface area contributed by atoms with Crippen LogP contribution in [0.25, 0.3) is 0 Å². The minimum absolute atomic E-state index is 0.241. The van der Waals surface area contributed by atoms with Crippen LogP contribution < -0.4 is 0 Å². The second kappa shape index (κ2) is 3.07. The van der Waals surface area contributed by atoms with Crippen molar-refractivity contribution in [3.05, 3.63) is 34.1 Å². The smallest absolute Gasteiger partial charge is 0.127 e. The zero-order chi connectivity index (χ0) is 9.47. The van der Waals surface area contributed by atoms with Crippen LogP contribution in [0.1, 0.15) is 18.4 Å². The predicted octanol–water partition coefficient (Wildman–Crippen LogP) is 2.66. The second-order valence-electron chi connectivity index (χ2n) is 3.60. The Morgan fingerprint density at radius 3 is 2.69 bits per heavy atom. The van der Waals surface area contributed by atoms with Crippen LogP contribution in [0.3, 0.4) is 0 Å². The molecule has 0 amide bonds. The summed E-state index contributed by atoms with van der Waals surface area (Å²) in [7, 11) is 0. The first-order chi connectivity index (χ1) is 6.11. The van der Waals surface area contributed by atoms with Crippen molar-refractivity contribution in [3.8, 4) is 0 Å². The molecule has 0 saturated heterocycles. The number of rotatable bonds is 2. The molecule has 1 aromatic carbocycles. The highest BCUT2D eigenvalue weighted by atomic mass is 79.9. The molecule has 13 heavy (non-hydrogen) atoms. The van der Waals surface area contributed by atoms with Crippen LogP contribution in [-0.4, -0.2) is 10.7 Å². The van der Waals surface area contributed by atoms with Gasteiger partial charge in [-0.1, -0.05) is 22.0 Å². The van der Waals surface area contributed by atoms with Crippen LogP contribution in [-0.2, 0) is 6.42 Å². The van der Waals surface area contributed by atoms with E-state index in [9.17, 15) is 9.50 Å². The van der Waals surface area contributed by atoms with Crippen LogP contribution in [0.5, 0.6) is 0 Å². The first kappa shape index (κ1) is 9.16. The third-order valence-corrected chi connectivity index (χ3v) is 3.14. The second-order valence-corrected chi connectivity index (χ2v) is 4.46. The number of benzene rings is 1. The topological polar surface area (TPSA) is 20.2 Å². The van der Waals surface area contributed by atoms with Gasteiger partial charge < -0.3 is 5.11 Å². The fraction of sp³-hybridized carbons (Fsp3) is 0.400. The zero-order valence-electron chi connectivity index (χ0n) is 7.06. The summed E-state index contributed by atoms with van der Waals surface area (Å²) in [6, 6.07) is 4.87. The van der Waals surface area contributed by atoms with Crippen molar-refractivity contribution >= 4 is 15.9 Å². The van der Waals surface area contributed by atoms with Gasteiger partial charge in [0.15, 0.2) is 0 Å². The van der Waals surface area contributed by atoms with E-state index in [2.05, 4.69) is 15.9 Å². The lowest BCUT2D eigenvalue weighted by molar-refractivity contribution is 0.149. The van der Waals surface area contributed by atoms with Crippen molar-refractivity contribution in [1.29, 1.82) is 0 Å². The largest absolute Gasteiger partial charge is 0.390 e. The fourth-order valence-electron chi connectivity index (χ4n) is 1.35. The molecule has 1 aliphatic rings. The molecule has 1 nitrogen and oxygen atoms in total. The lowest BCUT2D eigenvalue weighted by atomic mass is 10.1. The molecule has 0 spiro atoms. The van der Waals surface area contributed by atoms with Gasteiger partial charge in [-0.15, -0.1) is 0 Å². The van der Waals surface area contributed by atoms with Crippen LogP contribution in [0.4, 0.5) is 4.39 Å². The SMILES string of the molecule is OC1(Cc2c(F)cccc2Br)CC1. The molecule has 2 rings (SSSR count). The Morgan fingerprint density at radius 2 is 2.15 bits per heavy atom. The first-order valence-electron chi connectivity index (χ1n) is 4.26. The van der Waals surface area contributed by atoms with E-state index < -0.39 is 5.60 Å². The third kappa shape index (κ3) is 1.92. The average molecular weight is 245 g/mol. The standard InChI is InChI=1S/C10H10BrFO/c11-8-2-1-3-9(12)7(8)6-10(13)4-5-10/h1-3,13H,4-6H2. The van der Waals surface area contributed by atoms with Crippen molar-refractivity contribution < 1.29 is 9.50 Å². The number of hydrogen-bond donors (Lipinski definition) is 1. The van der Waals surface area contributed by atoms with E-state index in [1.54, 1.807) is 12.1 Å². The highest BCUT2D eigenvalue weighted by molar-refractivity contribution is 9.10. The first-order valence-corrected chi connectivity index (χ1v) is 5.05. The summed E-state index contributed by atoms with van der Waals surface area (Å²) in [6.07, 6.45) is 1.99. The molecule has 0 bridgehead atoms. The summed E-state index contributed by atoms with van der Waals surface area (Å²) in [5.41, 5.74) is -0.0486. The number of hydrogen-bond acceptors (Lipinski definition) is 1. The van der Waals surface area contributed by atoms with Gasteiger partial charge in [-0.05, 0) is 25.0 Å². The zero-order valence-corrected chi connectivity index (χ0v) is 8.64. The normalized spacial score (nSPS) is 18.7. The van der Waals surface area contributed by atoms with E-state index in [1.165, 1.54) is 6.07 Å². The molecular weight excluding hydrogens is 235 g/mol. The van der Waals surface area contributed by atoms with E-state index in [-0.39, 0.29) is 5.82 Å². The number of aliphatic hydroxyl groups is 1. The quantitative estimate of drug-likeness (QED) is 0.849. The summed E-state index contributed by atoms with van der Waals surface area (Å²) in [5.74, 6) is -0.241. The minimum Gasteiger partial charge on any atom is -0.390 e. The molecule has 1 aliphatic carbocycles. The Kier molecular flexibility index (Phi) is 2.16. The van der Waals surface area contributed by atoms with E-state index in [1.807, 2.05) is 0 Å². The molecule has 1 N–H and O–H groups in total. The molecule has 0 aromatic heterocycles. The third-order valence-electron chi connectivity index (χ3n) is 2.39. The van der Waals surface area contributed by atoms with Gasteiger partial charge in [0.2, 0.25) is 0 Å². The molecule has 1 fully saturated rings. The Balaban J connectivity index is 2.28. The molecule has 0 atom stereocenters. The molecule has 0 aliphatic heterocycles. The summed E-state index contributed by atoms with van der Waals surface area (Å²) in [4.78, 5) is 0. The van der Waals surface area contributed by atoms with E-state index in [4.69, 9.17) is 0 Å². The lowest BCUT2D eigenvalue weighted by Gasteiger charge is -2.09. The molecule has 70 valence electrons. The van der Waals surface area contributed by atoms with E-state index in [0.717, 1.165) is 17.3 Å². The Bertz CT molecular complexity index is 313. The Morgan fingerprint density at radius 1 is 1.46 bits per heavy atom. The van der Waals surface area contributed by atoms with Gasteiger partial charge >= 0.3 is 0 Å². The lowest BCUT2D eigenvalue weighted by Crippen LogP contribution is -2.12. The Hall–Kier alpha value is -0.410. The molecule has 0 unspecified atom stereocenters. The van der Waals surface area contributed by atoms with Crippen LogP contribution in [0.15, 0.2) is 22.7 Å². The summed E-state index contributed by atoms with van der Waals surface area (Å²) in [6.45, 7) is 0. The minimum atomic E-state index is -0.634. The van der Waals surface area contributed by atoms with Gasteiger partial charge in [0, 0.05) is 16.5 Å². The predicted molar refractivity (Wildman–Crippen MR) is 52.0 cm³/mol. The molecule has 3 heteroatoms. The average Bonchev–Trinajstić information content (AvgIpc) is 2.78. The van der Waals surface area contributed by atoms with Crippen molar-refractivity contribution in [1.82, 2.24) is 0 Å². The van der Waals surface area contributed by atoms with Crippen molar-refractivity contribution in [3.63, 3.8) is 0 Å². The van der Waals surface area contributed by atoms with Gasteiger partial charge in [-0.2, -0.15) is 0 Å². The highest BCUT2D eigenvalue weighted by Gasteiger charge is 2.41. The van der Waals surface area contributed by atoms with Crippen molar-refractivity contribution in [2.75, 3.05) is 0 Å². The van der Waals surface area contributed by atoms with Crippen molar-refractivity contribution in [2.24, 2.45) is 0 Å². The van der Waals surface area contributed by atoms with Crippen LogP contribution >= 0.6 is 15.9 Å². The molecule has 0 heterocycles. The van der Waals surface area contributed by atoms with E-state index in [0.29, 0.717) is 12.0 Å².